The fraction of sp³-hybridized carbons (Fsp3) is 0.278. The molecular formula is C18H20BrNO2. The van der Waals surface area contributed by atoms with Crippen LogP contribution in [-0.4, -0.2) is 12.5 Å². The minimum Gasteiger partial charge on any atom is -0.494 e. The summed E-state index contributed by atoms with van der Waals surface area (Å²) in [6.45, 7) is 4.54. The molecule has 0 aliphatic carbocycles. The molecule has 0 aliphatic heterocycles. The van der Waals surface area contributed by atoms with E-state index in [0.29, 0.717) is 19.4 Å². The van der Waals surface area contributed by atoms with Crippen molar-refractivity contribution in [3.8, 4) is 5.75 Å². The first-order valence-electron chi connectivity index (χ1n) is 7.30. The SMILES string of the molecule is Cc1cccc(OCCCC(=O)Nc2ccc(Br)cc2C)c1. The third kappa shape index (κ3) is 5.19. The number of hydrogen-bond acceptors (Lipinski definition) is 2. The second kappa shape index (κ2) is 7.99. The molecule has 22 heavy (non-hydrogen) atoms. The van der Waals surface area contributed by atoms with Crippen LogP contribution in [0, 0.1) is 13.8 Å². The zero-order valence-corrected chi connectivity index (χ0v) is 14.4. The van der Waals surface area contributed by atoms with Crippen molar-refractivity contribution in [2.45, 2.75) is 26.7 Å². The van der Waals surface area contributed by atoms with Crippen molar-refractivity contribution >= 4 is 27.5 Å². The van der Waals surface area contributed by atoms with Gasteiger partial charge in [-0.2, -0.15) is 0 Å². The Morgan fingerprint density at radius 1 is 1.18 bits per heavy atom. The Labute approximate surface area is 139 Å². The second-order valence-electron chi connectivity index (χ2n) is 5.28. The highest BCUT2D eigenvalue weighted by atomic mass is 79.9. The van der Waals surface area contributed by atoms with Crippen LogP contribution >= 0.6 is 15.9 Å². The van der Waals surface area contributed by atoms with E-state index in [-0.39, 0.29) is 5.91 Å². The third-order valence-electron chi connectivity index (χ3n) is 3.27. The smallest absolute Gasteiger partial charge is 0.224 e. The van der Waals surface area contributed by atoms with Crippen molar-refractivity contribution in [2.75, 3.05) is 11.9 Å². The molecule has 116 valence electrons. The molecule has 0 spiro atoms. The van der Waals surface area contributed by atoms with Gasteiger partial charge in [0.25, 0.3) is 0 Å². The number of hydrogen-bond donors (Lipinski definition) is 1. The molecule has 2 rings (SSSR count). The van der Waals surface area contributed by atoms with Crippen molar-refractivity contribution in [3.05, 3.63) is 58.1 Å². The van der Waals surface area contributed by atoms with Gasteiger partial charge in [0, 0.05) is 16.6 Å². The summed E-state index contributed by atoms with van der Waals surface area (Å²) in [5, 5.41) is 2.93. The molecule has 1 N–H and O–H groups in total. The van der Waals surface area contributed by atoms with Crippen LogP contribution in [0.2, 0.25) is 0 Å². The topological polar surface area (TPSA) is 38.3 Å². The van der Waals surface area contributed by atoms with E-state index in [0.717, 1.165) is 21.5 Å². The maximum atomic E-state index is 11.9. The van der Waals surface area contributed by atoms with E-state index < -0.39 is 0 Å². The van der Waals surface area contributed by atoms with Gasteiger partial charge in [0.1, 0.15) is 5.75 Å². The van der Waals surface area contributed by atoms with Gasteiger partial charge >= 0.3 is 0 Å². The van der Waals surface area contributed by atoms with Crippen LogP contribution in [0.5, 0.6) is 5.75 Å². The van der Waals surface area contributed by atoms with E-state index in [1.807, 2.05) is 56.3 Å². The van der Waals surface area contributed by atoms with Crippen LogP contribution in [0.3, 0.4) is 0 Å². The summed E-state index contributed by atoms with van der Waals surface area (Å²) in [4.78, 5) is 11.9. The highest BCUT2D eigenvalue weighted by molar-refractivity contribution is 9.10. The molecule has 4 heteroatoms. The highest BCUT2D eigenvalue weighted by Crippen LogP contribution is 2.20. The lowest BCUT2D eigenvalue weighted by atomic mass is 10.2. The minimum absolute atomic E-state index is 0.0123. The monoisotopic (exact) mass is 361 g/mol. The molecular weight excluding hydrogens is 342 g/mol. The zero-order valence-electron chi connectivity index (χ0n) is 12.9. The van der Waals surface area contributed by atoms with Gasteiger partial charge in [-0.3, -0.25) is 4.79 Å². The number of benzene rings is 2. The molecule has 0 saturated carbocycles. The molecule has 0 atom stereocenters. The van der Waals surface area contributed by atoms with E-state index in [4.69, 9.17) is 4.74 Å². The van der Waals surface area contributed by atoms with Gasteiger partial charge in [0.05, 0.1) is 6.61 Å². The number of halogens is 1. The van der Waals surface area contributed by atoms with Gasteiger partial charge in [-0.15, -0.1) is 0 Å². The number of ether oxygens (including phenoxy) is 1. The highest BCUT2D eigenvalue weighted by Gasteiger charge is 2.05. The van der Waals surface area contributed by atoms with E-state index in [9.17, 15) is 4.79 Å². The van der Waals surface area contributed by atoms with Crippen molar-refractivity contribution in [1.29, 1.82) is 0 Å². The Morgan fingerprint density at radius 2 is 2.00 bits per heavy atom. The lowest BCUT2D eigenvalue weighted by molar-refractivity contribution is -0.116. The summed E-state index contributed by atoms with van der Waals surface area (Å²) in [5.74, 6) is 0.863. The van der Waals surface area contributed by atoms with Crippen LogP contribution in [0.25, 0.3) is 0 Å². The largest absolute Gasteiger partial charge is 0.494 e. The van der Waals surface area contributed by atoms with Gasteiger partial charge in [-0.05, 0) is 61.7 Å². The van der Waals surface area contributed by atoms with E-state index in [1.165, 1.54) is 5.56 Å². The Balaban J connectivity index is 1.74. The molecule has 0 aliphatic rings. The van der Waals surface area contributed by atoms with Crippen molar-refractivity contribution in [1.82, 2.24) is 0 Å². The summed E-state index contributed by atoms with van der Waals surface area (Å²) < 4.78 is 6.65. The average Bonchev–Trinajstić information content (AvgIpc) is 2.47. The van der Waals surface area contributed by atoms with Gasteiger partial charge in [0.15, 0.2) is 0 Å². The average molecular weight is 362 g/mol. The summed E-state index contributed by atoms with van der Waals surface area (Å²) in [5.41, 5.74) is 3.06. The van der Waals surface area contributed by atoms with Crippen LogP contribution in [0.4, 0.5) is 5.69 Å². The number of carbonyl (C=O) groups excluding carboxylic acids is 1. The van der Waals surface area contributed by atoms with Gasteiger partial charge in [0.2, 0.25) is 5.91 Å². The van der Waals surface area contributed by atoms with E-state index in [1.54, 1.807) is 0 Å². The van der Waals surface area contributed by atoms with Crippen molar-refractivity contribution < 1.29 is 9.53 Å². The summed E-state index contributed by atoms with van der Waals surface area (Å²) >= 11 is 3.41. The molecule has 0 saturated heterocycles. The summed E-state index contributed by atoms with van der Waals surface area (Å²) in [6, 6.07) is 13.7. The maximum absolute atomic E-state index is 11.9. The van der Waals surface area contributed by atoms with E-state index >= 15 is 0 Å². The van der Waals surface area contributed by atoms with Crippen molar-refractivity contribution in [3.63, 3.8) is 0 Å². The number of anilines is 1. The van der Waals surface area contributed by atoms with Gasteiger partial charge < -0.3 is 10.1 Å². The standard InChI is InChI=1S/C18H20BrNO2/c1-13-5-3-6-16(11-13)22-10-4-7-18(21)20-17-9-8-15(19)12-14(17)2/h3,5-6,8-9,11-12H,4,7,10H2,1-2H3,(H,20,21). The molecule has 3 nitrogen and oxygen atoms in total. The summed E-state index contributed by atoms with van der Waals surface area (Å²) in [7, 11) is 0. The second-order valence-corrected chi connectivity index (χ2v) is 6.19. The molecule has 1 amide bonds. The molecule has 0 unspecified atom stereocenters. The molecule has 0 bridgehead atoms. The number of nitrogens with one attached hydrogen (secondary N) is 1. The molecule has 2 aromatic carbocycles. The van der Waals surface area contributed by atoms with Crippen LogP contribution < -0.4 is 10.1 Å². The third-order valence-corrected chi connectivity index (χ3v) is 3.76. The Kier molecular flexibility index (Phi) is 6.01. The van der Waals surface area contributed by atoms with Crippen LogP contribution in [-0.2, 0) is 4.79 Å². The predicted octanol–water partition coefficient (Wildman–Crippen LogP) is 4.86. The van der Waals surface area contributed by atoms with E-state index in [2.05, 4.69) is 21.2 Å². The van der Waals surface area contributed by atoms with Crippen molar-refractivity contribution in [2.24, 2.45) is 0 Å². The Hall–Kier alpha value is -1.81. The minimum atomic E-state index is 0.0123. The summed E-state index contributed by atoms with van der Waals surface area (Å²) in [6.07, 6.45) is 1.14. The van der Waals surface area contributed by atoms with Crippen LogP contribution in [0.1, 0.15) is 24.0 Å². The maximum Gasteiger partial charge on any atom is 0.224 e. The molecule has 0 fully saturated rings. The zero-order chi connectivity index (χ0) is 15.9. The van der Waals surface area contributed by atoms with Gasteiger partial charge in [-0.1, -0.05) is 28.1 Å². The lowest BCUT2D eigenvalue weighted by Gasteiger charge is -2.09. The molecule has 0 radical (unpaired) electrons. The number of amides is 1. The van der Waals surface area contributed by atoms with Crippen LogP contribution in [0.15, 0.2) is 46.9 Å². The predicted molar refractivity (Wildman–Crippen MR) is 93.4 cm³/mol. The Morgan fingerprint density at radius 3 is 2.73 bits per heavy atom. The first-order chi connectivity index (χ1) is 10.5. The fourth-order valence-corrected chi connectivity index (χ4v) is 2.58. The Bertz CT molecular complexity index is 655. The fourth-order valence-electron chi connectivity index (χ4n) is 2.11. The number of rotatable bonds is 6. The molecule has 2 aromatic rings. The number of carbonyl (C=O) groups is 1. The first kappa shape index (κ1) is 16.6. The molecule has 0 aromatic heterocycles. The normalized spacial score (nSPS) is 10.3. The number of aryl methyl sites for hydroxylation is 2. The first-order valence-corrected chi connectivity index (χ1v) is 8.09. The van der Waals surface area contributed by atoms with Gasteiger partial charge in [-0.25, -0.2) is 0 Å². The lowest BCUT2D eigenvalue weighted by Crippen LogP contribution is -2.13. The quantitative estimate of drug-likeness (QED) is 0.745. The molecule has 0 heterocycles.